The van der Waals surface area contributed by atoms with Gasteiger partial charge in [-0.05, 0) is 66.3 Å². The maximum atomic E-state index is 13.8. The number of nitrogens with zero attached hydrogens (tertiary/aromatic N) is 2. The number of amides is 2. The lowest BCUT2D eigenvalue weighted by Crippen LogP contribution is -2.34. The van der Waals surface area contributed by atoms with Crippen molar-refractivity contribution in [2.75, 3.05) is 18.2 Å². The Morgan fingerprint density at radius 3 is 2.53 bits per heavy atom. The Labute approximate surface area is 198 Å². The minimum Gasteiger partial charge on any atom is -0.454 e. The molecule has 170 valence electrons. The quantitative estimate of drug-likeness (QED) is 0.550. The van der Waals surface area contributed by atoms with Crippen molar-refractivity contribution < 1.29 is 19.1 Å². The first-order valence-corrected chi connectivity index (χ1v) is 11.4. The van der Waals surface area contributed by atoms with E-state index in [-0.39, 0.29) is 25.2 Å². The molecule has 0 radical (unpaired) electrons. The summed E-state index contributed by atoms with van der Waals surface area (Å²) < 4.78 is 10.9. The zero-order valence-corrected chi connectivity index (χ0v) is 19.1. The number of carbonyl (C=O) groups is 2. The van der Waals surface area contributed by atoms with Crippen molar-refractivity contribution >= 4 is 23.1 Å². The van der Waals surface area contributed by atoms with Crippen LogP contribution >= 0.6 is 0 Å². The van der Waals surface area contributed by atoms with E-state index in [9.17, 15) is 9.59 Å². The number of carbonyl (C=O) groups excluding carboxylic acids is 2. The van der Waals surface area contributed by atoms with Gasteiger partial charge in [-0.3, -0.25) is 14.5 Å². The van der Waals surface area contributed by atoms with Crippen LogP contribution in [0.3, 0.4) is 0 Å². The van der Waals surface area contributed by atoms with Crippen LogP contribution in [0.15, 0.2) is 66.4 Å². The van der Waals surface area contributed by atoms with Crippen LogP contribution in [0.4, 0.5) is 5.69 Å². The lowest BCUT2D eigenvalue weighted by atomic mass is 9.99. The minimum atomic E-state index is -0.273. The van der Waals surface area contributed by atoms with Gasteiger partial charge in [-0.2, -0.15) is 0 Å². The minimum absolute atomic E-state index is 0.168. The number of benzene rings is 3. The predicted octanol–water partition coefficient (Wildman–Crippen LogP) is 4.37. The van der Waals surface area contributed by atoms with Gasteiger partial charge in [0.2, 0.25) is 6.79 Å². The molecule has 34 heavy (non-hydrogen) atoms. The van der Waals surface area contributed by atoms with Gasteiger partial charge in [-0.25, -0.2) is 0 Å². The molecule has 6 heteroatoms. The molecular weight excluding hydrogens is 428 g/mol. The summed E-state index contributed by atoms with van der Waals surface area (Å²) in [6, 6.07) is 19.5. The average molecular weight is 453 g/mol. The van der Waals surface area contributed by atoms with Crippen molar-refractivity contribution in [2.45, 2.75) is 26.8 Å². The van der Waals surface area contributed by atoms with Gasteiger partial charge in [0.1, 0.15) is 5.70 Å². The summed E-state index contributed by atoms with van der Waals surface area (Å²) >= 11 is 0. The number of hydrogen-bond acceptors (Lipinski definition) is 5. The molecule has 0 fully saturated rings. The fraction of sp³-hybridized carbons (Fsp3) is 0.214. The molecule has 3 aliphatic rings. The number of para-hydroxylation sites is 1. The van der Waals surface area contributed by atoms with E-state index in [4.69, 9.17) is 9.47 Å². The van der Waals surface area contributed by atoms with E-state index in [1.807, 2.05) is 73.3 Å². The number of aryl methyl sites for hydroxylation is 2. The Bertz CT molecular complexity index is 1390. The van der Waals surface area contributed by atoms with Gasteiger partial charge in [0.15, 0.2) is 11.5 Å². The van der Waals surface area contributed by atoms with E-state index in [2.05, 4.69) is 6.07 Å². The van der Waals surface area contributed by atoms with E-state index >= 15 is 0 Å². The highest BCUT2D eigenvalue weighted by Gasteiger charge is 2.43. The highest BCUT2D eigenvalue weighted by Crippen LogP contribution is 2.40. The Hall–Kier alpha value is -4.06. The van der Waals surface area contributed by atoms with Gasteiger partial charge in [0.25, 0.3) is 11.8 Å². The zero-order chi connectivity index (χ0) is 23.4. The van der Waals surface area contributed by atoms with Crippen molar-refractivity contribution in [3.8, 4) is 11.5 Å². The lowest BCUT2D eigenvalue weighted by molar-refractivity contribution is -0.137. The highest BCUT2D eigenvalue weighted by molar-refractivity contribution is 6.36. The Balaban J connectivity index is 1.43. The molecular formula is C28H24N2O4. The van der Waals surface area contributed by atoms with Crippen molar-refractivity contribution in [3.63, 3.8) is 0 Å². The monoisotopic (exact) mass is 452 g/mol. The number of ether oxygens (including phenoxy) is 2. The van der Waals surface area contributed by atoms with Crippen LogP contribution in [0.1, 0.15) is 27.8 Å². The van der Waals surface area contributed by atoms with Crippen LogP contribution in [0.5, 0.6) is 11.5 Å². The molecule has 0 aliphatic carbocycles. The Morgan fingerprint density at radius 2 is 1.68 bits per heavy atom. The average Bonchev–Trinajstić information content (AvgIpc) is 3.53. The standard InChI is InChI=1S/C28H24N2O4/c1-17-7-9-21(13-18(17)2)25-26(29-12-11-20-5-3-4-6-22(20)29)28(32)30(27(25)31)15-19-8-10-23-24(14-19)34-16-33-23/h3-10,13-14H,11-12,15-16H2,1-2H3. The van der Waals surface area contributed by atoms with Gasteiger partial charge in [-0.1, -0.05) is 42.5 Å². The Kier molecular flexibility index (Phi) is 4.69. The first-order valence-electron chi connectivity index (χ1n) is 11.4. The summed E-state index contributed by atoms with van der Waals surface area (Å²) in [5.41, 5.74) is 6.91. The molecule has 3 aromatic rings. The second kappa shape index (κ2) is 7.76. The van der Waals surface area contributed by atoms with E-state index in [1.165, 1.54) is 10.5 Å². The summed E-state index contributed by atoms with van der Waals surface area (Å²) in [5, 5.41) is 0. The van der Waals surface area contributed by atoms with Crippen LogP contribution in [0.25, 0.3) is 5.57 Å². The number of imide groups is 1. The second-order valence-electron chi connectivity index (χ2n) is 8.94. The van der Waals surface area contributed by atoms with Crippen LogP contribution in [0.2, 0.25) is 0 Å². The first kappa shape index (κ1) is 20.5. The molecule has 6 nitrogen and oxygen atoms in total. The van der Waals surface area contributed by atoms with Gasteiger partial charge in [0, 0.05) is 12.2 Å². The number of rotatable bonds is 4. The van der Waals surface area contributed by atoms with Crippen LogP contribution in [-0.4, -0.2) is 30.1 Å². The Morgan fingerprint density at radius 1 is 0.853 bits per heavy atom. The molecule has 0 saturated heterocycles. The molecule has 0 bridgehead atoms. The third-order valence-electron chi connectivity index (χ3n) is 6.87. The summed E-state index contributed by atoms with van der Waals surface area (Å²) in [6.45, 7) is 5.08. The highest BCUT2D eigenvalue weighted by atomic mass is 16.7. The van der Waals surface area contributed by atoms with Crippen LogP contribution in [0, 0.1) is 13.8 Å². The summed E-state index contributed by atoms with van der Waals surface area (Å²) in [5.74, 6) is 0.761. The molecule has 0 N–H and O–H groups in total. The first-order chi connectivity index (χ1) is 16.5. The third kappa shape index (κ3) is 3.17. The summed E-state index contributed by atoms with van der Waals surface area (Å²) in [7, 11) is 0. The van der Waals surface area contributed by atoms with Crippen molar-refractivity contribution in [3.05, 3.63) is 94.2 Å². The largest absolute Gasteiger partial charge is 0.454 e. The van der Waals surface area contributed by atoms with Gasteiger partial charge in [0.05, 0.1) is 12.1 Å². The van der Waals surface area contributed by atoms with Crippen molar-refractivity contribution in [2.24, 2.45) is 0 Å². The second-order valence-corrected chi connectivity index (χ2v) is 8.94. The topological polar surface area (TPSA) is 59.1 Å². The molecule has 0 aromatic heterocycles. The number of anilines is 1. The van der Waals surface area contributed by atoms with Gasteiger partial charge in [-0.15, -0.1) is 0 Å². The predicted molar refractivity (Wildman–Crippen MR) is 128 cm³/mol. The smallest absolute Gasteiger partial charge is 0.278 e. The van der Waals surface area contributed by atoms with Crippen LogP contribution in [-0.2, 0) is 22.6 Å². The van der Waals surface area contributed by atoms with E-state index in [0.29, 0.717) is 29.3 Å². The molecule has 3 aliphatic heterocycles. The lowest BCUT2D eigenvalue weighted by Gasteiger charge is -2.22. The fourth-order valence-electron chi connectivity index (χ4n) is 4.91. The SMILES string of the molecule is Cc1ccc(C2=C(N3CCc4ccccc43)C(=O)N(Cc3ccc4c(c3)OCO4)C2=O)cc1C. The van der Waals surface area contributed by atoms with E-state index in [0.717, 1.165) is 34.4 Å². The van der Waals surface area contributed by atoms with Crippen molar-refractivity contribution in [1.82, 2.24) is 4.90 Å². The molecule has 0 spiro atoms. The normalized spacial score (nSPS) is 16.6. The number of hydrogen-bond donors (Lipinski definition) is 0. The third-order valence-corrected chi connectivity index (χ3v) is 6.87. The van der Waals surface area contributed by atoms with Gasteiger partial charge < -0.3 is 14.4 Å². The van der Waals surface area contributed by atoms with E-state index in [1.54, 1.807) is 0 Å². The molecule has 0 unspecified atom stereocenters. The fourth-order valence-corrected chi connectivity index (χ4v) is 4.91. The summed E-state index contributed by atoms with van der Waals surface area (Å²) in [4.78, 5) is 31.0. The molecule has 2 amide bonds. The molecule has 0 saturated carbocycles. The molecule has 3 heterocycles. The maximum Gasteiger partial charge on any atom is 0.278 e. The van der Waals surface area contributed by atoms with Crippen molar-refractivity contribution in [1.29, 1.82) is 0 Å². The zero-order valence-electron chi connectivity index (χ0n) is 19.1. The maximum absolute atomic E-state index is 13.8. The van der Waals surface area contributed by atoms with E-state index < -0.39 is 0 Å². The van der Waals surface area contributed by atoms with Crippen LogP contribution < -0.4 is 14.4 Å². The molecule has 0 atom stereocenters. The summed E-state index contributed by atoms with van der Waals surface area (Å²) in [6.07, 6.45) is 0.837. The van der Waals surface area contributed by atoms with Gasteiger partial charge >= 0.3 is 0 Å². The molecule has 3 aromatic carbocycles. The molecule has 6 rings (SSSR count). The number of fused-ring (bicyclic) bond motifs is 2.